The van der Waals surface area contributed by atoms with Gasteiger partial charge in [0, 0.05) is 42.8 Å². The molecule has 2 N–H and O–H groups in total. The molecule has 114 valence electrons. The van der Waals surface area contributed by atoms with Gasteiger partial charge < -0.3 is 15.1 Å². The third-order valence-corrected chi connectivity index (χ3v) is 3.66. The number of anilines is 1. The Morgan fingerprint density at radius 3 is 2.41 bits per heavy atom. The molecule has 3 rings (SSSR count). The maximum atomic E-state index is 9.73. The molecule has 0 unspecified atom stereocenters. The Kier molecular flexibility index (Phi) is 4.09. The molecule has 0 aliphatic carbocycles. The maximum Gasteiger partial charge on any atom is 0.128 e. The number of piperazine rings is 1. The van der Waals surface area contributed by atoms with Crippen molar-refractivity contribution in [3.8, 4) is 11.5 Å². The van der Waals surface area contributed by atoms with Crippen LogP contribution in [-0.2, 0) is 0 Å². The lowest BCUT2D eigenvalue weighted by Gasteiger charge is -2.34. The van der Waals surface area contributed by atoms with E-state index in [1.54, 1.807) is 24.7 Å². The number of phenolic OH excluding ortho intramolecular Hbond substituents is 2. The summed E-state index contributed by atoms with van der Waals surface area (Å²) in [5.74, 6) is 0.0692. The molecule has 6 nitrogen and oxygen atoms in total. The van der Waals surface area contributed by atoms with E-state index in [0.29, 0.717) is 5.56 Å². The fourth-order valence-electron chi connectivity index (χ4n) is 2.41. The number of aromatic hydroxyl groups is 2. The molecule has 1 aliphatic heterocycles. The van der Waals surface area contributed by atoms with E-state index in [0.717, 1.165) is 26.2 Å². The minimum Gasteiger partial charge on any atom is -0.508 e. The molecular formula is C16H18N4O2. The Labute approximate surface area is 129 Å². The number of aromatic nitrogens is 1. The molecule has 1 fully saturated rings. The molecule has 0 saturated carbocycles. The van der Waals surface area contributed by atoms with Crippen LogP contribution in [0.3, 0.4) is 0 Å². The highest BCUT2D eigenvalue weighted by molar-refractivity contribution is 5.83. The zero-order valence-electron chi connectivity index (χ0n) is 12.1. The summed E-state index contributed by atoms with van der Waals surface area (Å²) >= 11 is 0. The molecule has 1 saturated heterocycles. The number of nitrogens with zero attached hydrogens (tertiary/aromatic N) is 4. The Bertz CT molecular complexity index is 652. The van der Waals surface area contributed by atoms with Crippen LogP contribution < -0.4 is 4.90 Å². The van der Waals surface area contributed by atoms with Crippen molar-refractivity contribution in [2.45, 2.75) is 0 Å². The zero-order valence-corrected chi connectivity index (χ0v) is 12.1. The molecule has 2 aromatic rings. The largest absolute Gasteiger partial charge is 0.508 e. The van der Waals surface area contributed by atoms with Crippen molar-refractivity contribution >= 4 is 11.9 Å². The topological polar surface area (TPSA) is 72.2 Å². The van der Waals surface area contributed by atoms with Crippen molar-refractivity contribution < 1.29 is 10.2 Å². The average molecular weight is 298 g/mol. The van der Waals surface area contributed by atoms with Gasteiger partial charge in [-0.1, -0.05) is 0 Å². The molecule has 1 aromatic heterocycles. The maximum absolute atomic E-state index is 9.73. The van der Waals surface area contributed by atoms with Crippen LogP contribution in [0.2, 0.25) is 0 Å². The van der Waals surface area contributed by atoms with Gasteiger partial charge >= 0.3 is 0 Å². The fourth-order valence-corrected chi connectivity index (χ4v) is 2.41. The standard InChI is InChI=1S/C16H18N4O2/c21-15-2-1-13(16(22)11-15)12-18-20-9-7-19(8-10-20)14-3-5-17-6-4-14/h1-6,11-12,21-22H,7-10H2/b18-12+. The van der Waals surface area contributed by atoms with Gasteiger partial charge in [0.2, 0.25) is 0 Å². The monoisotopic (exact) mass is 298 g/mol. The molecule has 1 aromatic carbocycles. The molecule has 22 heavy (non-hydrogen) atoms. The highest BCUT2D eigenvalue weighted by Gasteiger charge is 2.15. The van der Waals surface area contributed by atoms with Gasteiger partial charge in [-0.25, -0.2) is 0 Å². The number of benzene rings is 1. The summed E-state index contributed by atoms with van der Waals surface area (Å²) in [7, 11) is 0. The number of rotatable bonds is 3. The second-order valence-electron chi connectivity index (χ2n) is 5.13. The lowest BCUT2D eigenvalue weighted by Crippen LogP contribution is -2.44. The van der Waals surface area contributed by atoms with Gasteiger partial charge in [-0.15, -0.1) is 0 Å². The lowest BCUT2D eigenvalue weighted by atomic mass is 10.2. The van der Waals surface area contributed by atoms with Crippen LogP contribution >= 0.6 is 0 Å². The third-order valence-electron chi connectivity index (χ3n) is 3.66. The van der Waals surface area contributed by atoms with E-state index in [1.165, 1.54) is 17.8 Å². The van der Waals surface area contributed by atoms with E-state index in [-0.39, 0.29) is 11.5 Å². The first-order chi connectivity index (χ1) is 10.7. The predicted molar refractivity (Wildman–Crippen MR) is 85.4 cm³/mol. The van der Waals surface area contributed by atoms with Crippen LogP contribution in [0.4, 0.5) is 5.69 Å². The van der Waals surface area contributed by atoms with Crippen LogP contribution in [0.25, 0.3) is 0 Å². The van der Waals surface area contributed by atoms with Gasteiger partial charge in [0.25, 0.3) is 0 Å². The van der Waals surface area contributed by atoms with Crippen molar-refractivity contribution in [3.63, 3.8) is 0 Å². The Morgan fingerprint density at radius 2 is 1.73 bits per heavy atom. The average Bonchev–Trinajstić information content (AvgIpc) is 2.55. The number of hydrazone groups is 1. The van der Waals surface area contributed by atoms with E-state index in [1.807, 2.05) is 17.1 Å². The molecule has 1 aliphatic rings. The Balaban J connectivity index is 1.59. The third kappa shape index (κ3) is 3.28. The summed E-state index contributed by atoms with van der Waals surface area (Å²) in [5, 5.41) is 25.4. The van der Waals surface area contributed by atoms with Gasteiger partial charge in [-0.05, 0) is 24.3 Å². The van der Waals surface area contributed by atoms with Gasteiger partial charge in [0.1, 0.15) is 11.5 Å². The lowest BCUT2D eigenvalue weighted by molar-refractivity contribution is 0.272. The van der Waals surface area contributed by atoms with Crippen molar-refractivity contribution in [1.82, 2.24) is 9.99 Å². The summed E-state index contributed by atoms with van der Waals surface area (Å²) in [6, 6.07) is 8.49. The smallest absolute Gasteiger partial charge is 0.128 e. The van der Waals surface area contributed by atoms with Gasteiger partial charge in [-0.3, -0.25) is 9.99 Å². The fraction of sp³-hybridized carbons (Fsp3) is 0.250. The molecule has 0 atom stereocenters. The number of hydrogen-bond donors (Lipinski definition) is 2. The van der Waals surface area contributed by atoms with Gasteiger partial charge in [0.15, 0.2) is 0 Å². The van der Waals surface area contributed by atoms with E-state index >= 15 is 0 Å². The van der Waals surface area contributed by atoms with Crippen LogP contribution in [0, 0.1) is 0 Å². The minimum atomic E-state index is 0.0270. The summed E-state index contributed by atoms with van der Waals surface area (Å²) in [4.78, 5) is 6.33. The molecule has 0 spiro atoms. The first-order valence-corrected chi connectivity index (χ1v) is 7.18. The molecule has 2 heterocycles. The normalized spacial score (nSPS) is 15.5. The van der Waals surface area contributed by atoms with Crippen molar-refractivity contribution in [2.24, 2.45) is 5.10 Å². The SMILES string of the molecule is Oc1ccc(/C=N/N2CCN(c3ccncc3)CC2)c(O)c1. The zero-order chi connectivity index (χ0) is 15.4. The van der Waals surface area contributed by atoms with Crippen molar-refractivity contribution in [3.05, 3.63) is 48.3 Å². The Morgan fingerprint density at radius 1 is 1.00 bits per heavy atom. The number of hydrogen-bond acceptors (Lipinski definition) is 6. The molecule has 0 amide bonds. The molecule has 6 heteroatoms. The summed E-state index contributed by atoms with van der Waals surface area (Å²) in [6.07, 6.45) is 5.22. The molecular weight excluding hydrogens is 280 g/mol. The van der Waals surface area contributed by atoms with E-state index in [4.69, 9.17) is 0 Å². The van der Waals surface area contributed by atoms with Crippen LogP contribution in [-0.4, -0.2) is 52.6 Å². The van der Waals surface area contributed by atoms with Crippen LogP contribution in [0.1, 0.15) is 5.56 Å². The van der Waals surface area contributed by atoms with E-state index < -0.39 is 0 Å². The molecule has 0 bridgehead atoms. The first kappa shape index (κ1) is 14.2. The second kappa shape index (κ2) is 6.34. The summed E-state index contributed by atoms with van der Waals surface area (Å²) < 4.78 is 0. The summed E-state index contributed by atoms with van der Waals surface area (Å²) in [6.45, 7) is 3.42. The van der Waals surface area contributed by atoms with Crippen LogP contribution in [0.5, 0.6) is 11.5 Å². The summed E-state index contributed by atoms with van der Waals surface area (Å²) in [5.41, 5.74) is 1.77. The van der Waals surface area contributed by atoms with Crippen LogP contribution in [0.15, 0.2) is 47.8 Å². The number of phenols is 2. The Hall–Kier alpha value is -2.76. The van der Waals surface area contributed by atoms with Crippen molar-refractivity contribution in [1.29, 1.82) is 0 Å². The quantitative estimate of drug-likeness (QED) is 0.843. The van der Waals surface area contributed by atoms with E-state index in [2.05, 4.69) is 15.0 Å². The molecule has 0 radical (unpaired) electrons. The first-order valence-electron chi connectivity index (χ1n) is 7.18. The predicted octanol–water partition coefficient (Wildman–Crippen LogP) is 1.65. The minimum absolute atomic E-state index is 0.0270. The van der Waals surface area contributed by atoms with Crippen molar-refractivity contribution in [2.75, 3.05) is 31.1 Å². The van der Waals surface area contributed by atoms with Gasteiger partial charge in [0.05, 0.1) is 19.3 Å². The number of pyridine rings is 1. The second-order valence-corrected chi connectivity index (χ2v) is 5.13. The van der Waals surface area contributed by atoms with Gasteiger partial charge in [-0.2, -0.15) is 5.10 Å². The van der Waals surface area contributed by atoms with E-state index in [9.17, 15) is 10.2 Å². The highest BCUT2D eigenvalue weighted by atomic mass is 16.3. The highest BCUT2D eigenvalue weighted by Crippen LogP contribution is 2.21.